The molecule has 0 unspecified atom stereocenters. The fourth-order valence-electron chi connectivity index (χ4n) is 2.77. The van der Waals surface area contributed by atoms with Crippen LogP contribution in [0.1, 0.15) is 38.8 Å². The van der Waals surface area contributed by atoms with Crippen LogP contribution in [-0.2, 0) is 19.3 Å². The van der Waals surface area contributed by atoms with E-state index in [0.29, 0.717) is 17.9 Å². The van der Waals surface area contributed by atoms with Gasteiger partial charge >= 0.3 is 0 Å². The van der Waals surface area contributed by atoms with E-state index in [1.807, 2.05) is 0 Å². The number of thiazole rings is 1. The normalized spacial score (nSPS) is 13.7. The molecule has 1 aliphatic rings. The topological polar surface area (TPSA) is 114 Å². The van der Waals surface area contributed by atoms with Gasteiger partial charge in [-0.15, -0.1) is 16.4 Å². The van der Waals surface area contributed by atoms with Crippen LogP contribution < -0.4 is 5.32 Å². The van der Waals surface area contributed by atoms with Crippen molar-refractivity contribution in [2.24, 2.45) is 0 Å². The van der Waals surface area contributed by atoms with Gasteiger partial charge in [0.1, 0.15) is 11.9 Å². The van der Waals surface area contributed by atoms with Crippen molar-refractivity contribution < 1.29 is 4.79 Å². The van der Waals surface area contributed by atoms with Crippen molar-refractivity contribution in [3.05, 3.63) is 33.7 Å². The van der Waals surface area contributed by atoms with Gasteiger partial charge in [0.05, 0.1) is 16.9 Å². The molecule has 3 heterocycles. The fourth-order valence-corrected chi connectivity index (χ4v) is 3.93. The molecule has 1 aliphatic carbocycles. The Balaban J connectivity index is 1.37. The average molecular weight is 344 g/mol. The van der Waals surface area contributed by atoms with Crippen molar-refractivity contribution in [3.63, 3.8) is 0 Å². The summed E-state index contributed by atoms with van der Waals surface area (Å²) in [5, 5.41) is 21.5. The van der Waals surface area contributed by atoms with Gasteiger partial charge in [0.2, 0.25) is 0 Å². The highest BCUT2D eigenvalue weighted by Gasteiger charge is 2.17. The third kappa shape index (κ3) is 2.92. The van der Waals surface area contributed by atoms with Gasteiger partial charge in [-0.3, -0.25) is 9.89 Å². The van der Waals surface area contributed by atoms with Crippen LogP contribution in [0.2, 0.25) is 0 Å². The van der Waals surface area contributed by atoms with E-state index in [-0.39, 0.29) is 5.91 Å². The quantitative estimate of drug-likeness (QED) is 0.704. The Morgan fingerprint density at radius 3 is 3.12 bits per heavy atom. The van der Waals surface area contributed by atoms with Crippen LogP contribution in [0.15, 0.2) is 12.5 Å². The van der Waals surface area contributed by atoms with Gasteiger partial charge in [-0.25, -0.2) is 4.98 Å². The summed E-state index contributed by atoms with van der Waals surface area (Å²) in [6.07, 6.45) is 8.32. The average Bonchev–Trinajstić information content (AvgIpc) is 3.33. The Morgan fingerprint density at radius 2 is 2.29 bits per heavy atom. The summed E-state index contributed by atoms with van der Waals surface area (Å²) in [5.41, 5.74) is 1.66. The van der Waals surface area contributed by atoms with Gasteiger partial charge in [0.25, 0.3) is 5.91 Å². The monoisotopic (exact) mass is 344 g/mol. The summed E-state index contributed by atoms with van der Waals surface area (Å²) in [6.45, 7) is 0.533. The van der Waals surface area contributed by atoms with E-state index < -0.39 is 0 Å². The summed E-state index contributed by atoms with van der Waals surface area (Å²) in [4.78, 5) is 18.4. The van der Waals surface area contributed by atoms with Crippen molar-refractivity contribution >= 4 is 17.2 Å². The maximum atomic E-state index is 12.3. The molecule has 24 heavy (non-hydrogen) atoms. The number of nitrogens with one attached hydrogen (secondary N) is 2. The minimum Gasteiger partial charge on any atom is -0.351 e. The van der Waals surface area contributed by atoms with Crippen LogP contribution in [0.4, 0.5) is 0 Å². The van der Waals surface area contributed by atoms with Crippen LogP contribution in [0.5, 0.6) is 0 Å². The number of amides is 1. The highest BCUT2D eigenvalue weighted by molar-refractivity contribution is 7.11. The lowest BCUT2D eigenvalue weighted by atomic mass is 10.0. The molecule has 3 aromatic heterocycles. The van der Waals surface area contributed by atoms with Gasteiger partial charge in [-0.2, -0.15) is 9.78 Å². The summed E-state index contributed by atoms with van der Waals surface area (Å²) in [6, 6.07) is 0. The number of aromatic nitrogens is 7. The molecule has 3 aromatic rings. The first-order valence-electron chi connectivity index (χ1n) is 7.83. The van der Waals surface area contributed by atoms with Crippen LogP contribution >= 0.6 is 11.3 Å². The third-order valence-electron chi connectivity index (χ3n) is 3.96. The van der Waals surface area contributed by atoms with Crippen LogP contribution in [0, 0.1) is 0 Å². The Morgan fingerprint density at radius 1 is 1.38 bits per heavy atom. The van der Waals surface area contributed by atoms with E-state index in [9.17, 15) is 4.79 Å². The van der Waals surface area contributed by atoms with Crippen LogP contribution in [-0.4, -0.2) is 47.8 Å². The predicted molar refractivity (Wildman–Crippen MR) is 86.1 cm³/mol. The second-order valence-corrected chi connectivity index (χ2v) is 6.75. The summed E-state index contributed by atoms with van der Waals surface area (Å²) < 4.78 is 1.37. The number of aryl methyl sites for hydroxylation is 2. The van der Waals surface area contributed by atoms with Crippen LogP contribution in [0.25, 0.3) is 5.82 Å². The summed E-state index contributed by atoms with van der Waals surface area (Å²) in [5.74, 6) is 0.234. The molecule has 0 spiro atoms. The van der Waals surface area contributed by atoms with Gasteiger partial charge in [0.15, 0.2) is 5.82 Å². The minimum absolute atomic E-state index is 0.212. The SMILES string of the molecule is O=C(NCCc1nc2c(s1)CCCC2)c1cn[nH]c1-n1cnnn1. The first-order chi connectivity index (χ1) is 11.8. The summed E-state index contributed by atoms with van der Waals surface area (Å²) in [7, 11) is 0. The molecule has 0 saturated carbocycles. The molecule has 0 fully saturated rings. The van der Waals surface area contributed by atoms with Crippen molar-refractivity contribution in [3.8, 4) is 5.82 Å². The molecule has 124 valence electrons. The molecule has 1 amide bonds. The lowest BCUT2D eigenvalue weighted by Gasteiger charge is -2.06. The van der Waals surface area contributed by atoms with Crippen molar-refractivity contribution in [1.82, 2.24) is 40.7 Å². The van der Waals surface area contributed by atoms with Crippen molar-refractivity contribution in [2.45, 2.75) is 32.1 Å². The fraction of sp³-hybridized carbons (Fsp3) is 0.429. The third-order valence-corrected chi connectivity index (χ3v) is 5.17. The largest absolute Gasteiger partial charge is 0.351 e. The van der Waals surface area contributed by atoms with Gasteiger partial charge in [-0.05, 0) is 36.1 Å². The van der Waals surface area contributed by atoms with E-state index in [2.05, 4.69) is 36.0 Å². The first-order valence-corrected chi connectivity index (χ1v) is 8.65. The molecule has 0 bridgehead atoms. The number of fused-ring (bicyclic) bond motifs is 1. The maximum Gasteiger partial charge on any atom is 0.256 e. The van der Waals surface area contributed by atoms with E-state index in [1.54, 1.807) is 11.3 Å². The number of H-pyrrole nitrogens is 1. The van der Waals surface area contributed by atoms with E-state index in [0.717, 1.165) is 24.3 Å². The number of hydrogen-bond donors (Lipinski definition) is 2. The van der Waals surface area contributed by atoms with Crippen molar-refractivity contribution in [1.29, 1.82) is 0 Å². The second-order valence-electron chi connectivity index (χ2n) is 5.58. The van der Waals surface area contributed by atoms with Crippen molar-refractivity contribution in [2.75, 3.05) is 6.54 Å². The van der Waals surface area contributed by atoms with E-state index >= 15 is 0 Å². The zero-order chi connectivity index (χ0) is 16.4. The molecule has 4 rings (SSSR count). The van der Waals surface area contributed by atoms with Gasteiger partial charge in [0, 0.05) is 17.8 Å². The Hall–Kier alpha value is -2.62. The minimum atomic E-state index is -0.212. The number of aromatic amines is 1. The smallest absolute Gasteiger partial charge is 0.256 e. The Labute approximate surface area is 141 Å². The number of carbonyl (C=O) groups is 1. The number of carbonyl (C=O) groups excluding carboxylic acids is 1. The zero-order valence-corrected chi connectivity index (χ0v) is 13.7. The molecule has 0 atom stereocenters. The number of rotatable bonds is 5. The number of hydrogen-bond acceptors (Lipinski definition) is 7. The molecule has 0 saturated heterocycles. The molecule has 10 heteroatoms. The lowest BCUT2D eigenvalue weighted by Crippen LogP contribution is -2.26. The maximum absolute atomic E-state index is 12.3. The molecule has 2 N–H and O–H groups in total. The molecular formula is C14H16N8OS. The lowest BCUT2D eigenvalue weighted by molar-refractivity contribution is 0.0954. The first kappa shape index (κ1) is 14.9. The molecule has 0 aliphatic heterocycles. The Kier molecular flexibility index (Phi) is 4.03. The predicted octanol–water partition coefficient (Wildman–Crippen LogP) is 0.693. The number of nitrogens with zero attached hydrogens (tertiary/aromatic N) is 6. The standard InChI is InChI=1S/C14H16N8OS/c23-14(9-7-16-19-13(9)22-8-17-20-21-22)15-6-5-12-18-10-3-1-2-4-11(10)24-12/h7-8H,1-6H2,(H,15,23)(H,16,19). The van der Waals surface area contributed by atoms with Crippen LogP contribution in [0.3, 0.4) is 0 Å². The zero-order valence-electron chi connectivity index (χ0n) is 12.9. The number of tetrazole rings is 1. The molecular weight excluding hydrogens is 328 g/mol. The Bertz CT molecular complexity index is 813. The van der Waals surface area contributed by atoms with Gasteiger partial charge in [-0.1, -0.05) is 0 Å². The molecule has 0 radical (unpaired) electrons. The molecule has 9 nitrogen and oxygen atoms in total. The van der Waals surface area contributed by atoms with Gasteiger partial charge < -0.3 is 5.32 Å². The van der Waals surface area contributed by atoms with E-state index in [1.165, 1.54) is 40.6 Å². The second kappa shape index (κ2) is 6.48. The molecule has 0 aromatic carbocycles. The van der Waals surface area contributed by atoms with E-state index in [4.69, 9.17) is 0 Å². The highest BCUT2D eigenvalue weighted by atomic mass is 32.1. The highest BCUT2D eigenvalue weighted by Crippen LogP contribution is 2.26. The summed E-state index contributed by atoms with van der Waals surface area (Å²) >= 11 is 1.77.